The van der Waals surface area contributed by atoms with Crippen molar-refractivity contribution in [3.8, 4) is 0 Å². The van der Waals surface area contributed by atoms with E-state index in [0.717, 1.165) is 44.9 Å². The van der Waals surface area contributed by atoms with E-state index < -0.39 is 18.4 Å². The van der Waals surface area contributed by atoms with Crippen LogP contribution in [0.25, 0.3) is 0 Å². The minimum atomic E-state index is -1.51. The molecular weight excluding hydrogens is 911 g/mol. The SMILES string of the molecule is CCCCCCC/C=C\C/C=C\CCCCCCCCCCCCCCCCCCCC(=O)OC(COC(=O)CCCCCCCCCCC/C=C\CCCCCCCC)COC(OCC[N+](C)(C)C)C(=O)O. The van der Waals surface area contributed by atoms with Gasteiger partial charge in [0.05, 0.1) is 34.4 Å². The number of hydrogen-bond donors (Lipinski definition) is 1. The Kier molecular flexibility index (Phi) is 53.8. The molecule has 2 atom stereocenters. The number of quaternary nitrogens is 1. The summed E-state index contributed by atoms with van der Waals surface area (Å²) < 4.78 is 22.9. The van der Waals surface area contributed by atoms with Gasteiger partial charge in [0.15, 0.2) is 6.10 Å². The Bertz CT molecular complexity index is 1290. The Hall–Kier alpha value is -2.49. The monoisotopic (exact) mass is 1030 g/mol. The topological polar surface area (TPSA) is 108 Å². The van der Waals surface area contributed by atoms with Crippen molar-refractivity contribution in [2.45, 2.75) is 309 Å². The molecule has 0 rings (SSSR count). The summed E-state index contributed by atoms with van der Waals surface area (Å²) in [5.41, 5.74) is 0. The highest BCUT2D eigenvalue weighted by molar-refractivity contribution is 5.71. The number of ether oxygens (including phenoxy) is 4. The molecule has 0 spiro atoms. The molecule has 0 saturated heterocycles. The second kappa shape index (κ2) is 55.7. The molecule has 0 radical (unpaired) electrons. The number of hydrogen-bond acceptors (Lipinski definition) is 7. The minimum absolute atomic E-state index is 0.179. The van der Waals surface area contributed by atoms with Crippen LogP contribution in [0.1, 0.15) is 296 Å². The van der Waals surface area contributed by atoms with Crippen LogP contribution in [0, 0.1) is 0 Å². The van der Waals surface area contributed by atoms with Gasteiger partial charge in [-0.05, 0) is 70.6 Å². The summed E-state index contributed by atoms with van der Waals surface area (Å²) >= 11 is 0. The van der Waals surface area contributed by atoms with Crippen LogP contribution in [0.15, 0.2) is 36.5 Å². The van der Waals surface area contributed by atoms with Crippen LogP contribution < -0.4 is 0 Å². The average molecular weight is 1030 g/mol. The third-order valence-electron chi connectivity index (χ3n) is 13.9. The number of nitrogens with zero attached hydrogens (tertiary/aromatic N) is 1. The first-order valence-electron chi connectivity index (χ1n) is 31.2. The van der Waals surface area contributed by atoms with Crippen LogP contribution in [0.2, 0.25) is 0 Å². The third-order valence-corrected chi connectivity index (χ3v) is 13.9. The third kappa shape index (κ3) is 57.1. The second-order valence-corrected chi connectivity index (χ2v) is 22.4. The first-order valence-corrected chi connectivity index (χ1v) is 31.2. The van der Waals surface area contributed by atoms with Crippen LogP contribution in [0.4, 0.5) is 0 Å². The highest BCUT2D eigenvalue weighted by Gasteiger charge is 2.25. The van der Waals surface area contributed by atoms with Crippen LogP contribution in [-0.4, -0.2) is 87.4 Å². The zero-order chi connectivity index (χ0) is 53.4. The molecule has 0 amide bonds. The predicted molar refractivity (Wildman–Crippen MR) is 309 cm³/mol. The van der Waals surface area contributed by atoms with Crippen molar-refractivity contribution < 1.29 is 42.9 Å². The van der Waals surface area contributed by atoms with Crippen LogP contribution in [0.5, 0.6) is 0 Å². The Labute approximate surface area is 451 Å². The molecule has 2 unspecified atom stereocenters. The van der Waals surface area contributed by atoms with Crippen molar-refractivity contribution >= 4 is 17.9 Å². The maximum absolute atomic E-state index is 12.9. The Morgan fingerprint density at radius 3 is 1.10 bits per heavy atom. The van der Waals surface area contributed by atoms with Crippen molar-refractivity contribution in [3.63, 3.8) is 0 Å². The minimum Gasteiger partial charge on any atom is -0.477 e. The summed E-state index contributed by atoms with van der Waals surface area (Å²) in [7, 11) is 5.98. The molecule has 9 nitrogen and oxygen atoms in total. The van der Waals surface area contributed by atoms with Gasteiger partial charge in [-0.25, -0.2) is 4.79 Å². The van der Waals surface area contributed by atoms with Gasteiger partial charge in [-0.2, -0.15) is 0 Å². The number of carbonyl (C=O) groups is 3. The van der Waals surface area contributed by atoms with Gasteiger partial charge >= 0.3 is 17.9 Å². The van der Waals surface area contributed by atoms with Gasteiger partial charge in [0.1, 0.15) is 13.2 Å². The van der Waals surface area contributed by atoms with Gasteiger partial charge in [-0.1, -0.05) is 249 Å². The summed E-state index contributed by atoms with van der Waals surface area (Å²) in [5, 5.41) is 9.71. The zero-order valence-electron chi connectivity index (χ0n) is 48.8. The Morgan fingerprint density at radius 2 is 0.740 bits per heavy atom. The maximum Gasteiger partial charge on any atom is 0.361 e. The van der Waals surface area contributed by atoms with Crippen molar-refractivity contribution in [2.75, 3.05) is 47.5 Å². The highest BCUT2D eigenvalue weighted by Crippen LogP contribution is 2.17. The number of rotatable bonds is 58. The summed E-state index contributed by atoms with van der Waals surface area (Å²) in [6.45, 7) is 4.90. The lowest BCUT2D eigenvalue weighted by atomic mass is 10.0. The molecule has 1 N–H and O–H groups in total. The number of carboxylic acid groups (broad SMARTS) is 1. The molecule has 0 aromatic carbocycles. The van der Waals surface area contributed by atoms with Gasteiger partial charge in [0.25, 0.3) is 6.29 Å². The van der Waals surface area contributed by atoms with Crippen LogP contribution in [0.3, 0.4) is 0 Å². The van der Waals surface area contributed by atoms with Crippen molar-refractivity contribution in [1.29, 1.82) is 0 Å². The molecule has 428 valence electrons. The lowest BCUT2D eigenvalue weighted by Crippen LogP contribution is -2.40. The highest BCUT2D eigenvalue weighted by atomic mass is 16.7. The molecular formula is C64H120NO8+. The fourth-order valence-corrected chi connectivity index (χ4v) is 9.04. The molecule has 0 heterocycles. The van der Waals surface area contributed by atoms with Crippen molar-refractivity contribution in [2.24, 2.45) is 0 Å². The molecule has 0 bridgehead atoms. The van der Waals surface area contributed by atoms with Crippen molar-refractivity contribution in [3.05, 3.63) is 36.5 Å². The summed E-state index contributed by atoms with van der Waals surface area (Å²) in [5.74, 6) is -1.99. The molecule has 0 aliphatic rings. The van der Waals surface area contributed by atoms with E-state index in [4.69, 9.17) is 18.9 Å². The summed E-state index contributed by atoms with van der Waals surface area (Å²) in [6.07, 6.45) is 65.2. The first kappa shape index (κ1) is 70.5. The van der Waals surface area contributed by atoms with Gasteiger partial charge < -0.3 is 28.5 Å². The van der Waals surface area contributed by atoms with E-state index in [-0.39, 0.29) is 38.2 Å². The van der Waals surface area contributed by atoms with Crippen LogP contribution in [-0.2, 0) is 33.3 Å². The normalized spacial score (nSPS) is 12.9. The number of likely N-dealkylation sites (N-methyl/N-ethyl adjacent to an activating group) is 1. The quantitative estimate of drug-likeness (QED) is 0.0211. The molecule has 0 aromatic rings. The molecule has 73 heavy (non-hydrogen) atoms. The van der Waals surface area contributed by atoms with Gasteiger partial charge in [0, 0.05) is 12.8 Å². The molecule has 0 saturated carbocycles. The first-order chi connectivity index (χ1) is 35.6. The largest absolute Gasteiger partial charge is 0.477 e. The van der Waals surface area contributed by atoms with Crippen LogP contribution >= 0.6 is 0 Å². The number of unbranched alkanes of at least 4 members (excludes halogenated alkanes) is 37. The number of allylic oxidation sites excluding steroid dienone is 6. The molecule has 9 heteroatoms. The van der Waals surface area contributed by atoms with E-state index in [0.29, 0.717) is 17.4 Å². The lowest BCUT2D eigenvalue weighted by molar-refractivity contribution is -0.870. The van der Waals surface area contributed by atoms with Crippen molar-refractivity contribution in [1.82, 2.24) is 0 Å². The Balaban J connectivity index is 4.14. The molecule has 0 aliphatic carbocycles. The number of esters is 2. The average Bonchev–Trinajstić information content (AvgIpc) is 3.36. The lowest BCUT2D eigenvalue weighted by Gasteiger charge is -2.25. The maximum atomic E-state index is 12.9. The Morgan fingerprint density at radius 1 is 0.411 bits per heavy atom. The fraction of sp³-hybridized carbons (Fsp3) is 0.859. The summed E-state index contributed by atoms with van der Waals surface area (Å²) in [4.78, 5) is 37.5. The molecule has 0 aliphatic heterocycles. The van der Waals surface area contributed by atoms with E-state index in [9.17, 15) is 19.5 Å². The van der Waals surface area contributed by atoms with E-state index in [1.54, 1.807) is 0 Å². The number of carbonyl (C=O) groups excluding carboxylic acids is 2. The number of aliphatic carboxylic acids is 1. The predicted octanol–water partition coefficient (Wildman–Crippen LogP) is 18.5. The fourth-order valence-electron chi connectivity index (χ4n) is 9.04. The molecule has 0 aromatic heterocycles. The van der Waals surface area contributed by atoms with E-state index in [1.165, 1.54) is 225 Å². The number of carboxylic acids is 1. The zero-order valence-corrected chi connectivity index (χ0v) is 48.8. The summed E-state index contributed by atoms with van der Waals surface area (Å²) in [6, 6.07) is 0. The van der Waals surface area contributed by atoms with E-state index in [2.05, 4.69) is 50.3 Å². The van der Waals surface area contributed by atoms with E-state index >= 15 is 0 Å². The standard InChI is InChI=1S/C64H119NO8/c1-6-8-10-12-14-16-18-20-22-24-26-27-28-29-30-31-32-33-34-35-37-39-41-43-45-47-49-51-53-55-62(67)73-60(59-72-64(63(68)69)70-57-56-65(3,4)5)58-71-61(66)54-52-50-48-46-44-42-40-38-36-25-23-21-19-17-15-13-11-9-7-2/h18,20-21,23-24,26,60,64H,6-17,19,22,25,27-59H2,1-5H3/p+1/b20-18-,23-21-,26-24-. The molecule has 0 fully saturated rings. The van der Waals surface area contributed by atoms with Gasteiger partial charge in [-0.15, -0.1) is 0 Å². The van der Waals surface area contributed by atoms with Gasteiger partial charge in [0.2, 0.25) is 0 Å². The smallest absolute Gasteiger partial charge is 0.361 e. The van der Waals surface area contributed by atoms with Gasteiger partial charge in [-0.3, -0.25) is 9.59 Å². The second-order valence-electron chi connectivity index (χ2n) is 22.4. The van der Waals surface area contributed by atoms with E-state index in [1.807, 2.05) is 21.1 Å².